The van der Waals surface area contributed by atoms with Gasteiger partial charge >= 0.3 is 0 Å². The molecule has 0 spiro atoms. The molecule has 1 fully saturated rings. The molecular formula is C24H34N2O. The number of morpholine rings is 1. The molecule has 0 radical (unpaired) electrons. The molecule has 0 aromatic heterocycles. The highest BCUT2D eigenvalue weighted by Crippen LogP contribution is 2.26. The summed E-state index contributed by atoms with van der Waals surface area (Å²) < 4.78 is 5.45. The normalized spacial score (nSPS) is 17.1. The number of hydrogen-bond acceptors (Lipinski definition) is 3. The van der Waals surface area contributed by atoms with Crippen LogP contribution in [0.2, 0.25) is 0 Å². The van der Waals surface area contributed by atoms with Gasteiger partial charge < -0.3 is 14.5 Å². The number of ether oxygens (including phenoxy) is 1. The van der Waals surface area contributed by atoms with E-state index in [0.717, 1.165) is 45.6 Å². The average molecular weight is 367 g/mol. The first-order valence-corrected chi connectivity index (χ1v) is 10.1. The Morgan fingerprint density at radius 3 is 2.11 bits per heavy atom. The summed E-state index contributed by atoms with van der Waals surface area (Å²) in [6.07, 6.45) is 3.32. The van der Waals surface area contributed by atoms with E-state index in [4.69, 9.17) is 4.74 Å². The van der Waals surface area contributed by atoms with E-state index in [-0.39, 0.29) is 5.54 Å². The lowest BCUT2D eigenvalue weighted by Crippen LogP contribution is -2.43. The lowest BCUT2D eigenvalue weighted by atomic mass is 9.85. The van der Waals surface area contributed by atoms with Crippen LogP contribution in [0.3, 0.4) is 0 Å². The second-order valence-electron chi connectivity index (χ2n) is 8.32. The molecule has 27 heavy (non-hydrogen) atoms. The smallest absolute Gasteiger partial charge is 0.0642 e. The van der Waals surface area contributed by atoms with Crippen molar-refractivity contribution in [2.45, 2.75) is 38.6 Å². The van der Waals surface area contributed by atoms with Crippen LogP contribution in [0.25, 0.3) is 0 Å². The summed E-state index contributed by atoms with van der Waals surface area (Å²) in [5.74, 6) is 0. The Bertz CT molecular complexity index is 702. The molecule has 2 aromatic carbocycles. The van der Waals surface area contributed by atoms with Gasteiger partial charge in [-0.15, -0.1) is 0 Å². The van der Waals surface area contributed by atoms with E-state index in [9.17, 15) is 0 Å². The van der Waals surface area contributed by atoms with E-state index in [2.05, 4.69) is 86.3 Å². The first kappa shape index (κ1) is 19.9. The summed E-state index contributed by atoms with van der Waals surface area (Å²) in [5, 5.41) is 0. The van der Waals surface area contributed by atoms with Crippen molar-refractivity contribution in [3.05, 3.63) is 65.2 Å². The van der Waals surface area contributed by atoms with Gasteiger partial charge in [-0.05, 0) is 70.5 Å². The maximum atomic E-state index is 5.45. The van der Waals surface area contributed by atoms with Gasteiger partial charge in [0.15, 0.2) is 0 Å². The quantitative estimate of drug-likeness (QED) is 0.725. The lowest BCUT2D eigenvalue weighted by molar-refractivity contribution is 0.122. The number of aryl methyl sites for hydroxylation is 2. The zero-order chi connectivity index (χ0) is 19.3. The fourth-order valence-corrected chi connectivity index (χ4v) is 3.72. The average Bonchev–Trinajstić information content (AvgIpc) is 2.69. The maximum Gasteiger partial charge on any atom is 0.0642 e. The monoisotopic (exact) mass is 366 g/mol. The third-order valence-electron chi connectivity index (χ3n) is 6.05. The zero-order valence-corrected chi connectivity index (χ0v) is 17.4. The van der Waals surface area contributed by atoms with Crippen LogP contribution in [0.4, 0.5) is 5.69 Å². The summed E-state index contributed by atoms with van der Waals surface area (Å²) in [7, 11) is 4.41. The molecule has 3 rings (SSSR count). The van der Waals surface area contributed by atoms with Gasteiger partial charge in [0.2, 0.25) is 0 Å². The number of benzene rings is 2. The summed E-state index contributed by atoms with van der Waals surface area (Å²) in [6, 6.07) is 18.1. The van der Waals surface area contributed by atoms with Crippen molar-refractivity contribution in [3.63, 3.8) is 0 Å². The number of hydrogen-bond donors (Lipinski definition) is 0. The molecular weight excluding hydrogens is 332 g/mol. The summed E-state index contributed by atoms with van der Waals surface area (Å²) >= 11 is 0. The van der Waals surface area contributed by atoms with Gasteiger partial charge in [0.1, 0.15) is 0 Å². The van der Waals surface area contributed by atoms with Crippen molar-refractivity contribution < 1.29 is 4.74 Å². The van der Waals surface area contributed by atoms with Crippen LogP contribution in [0.1, 0.15) is 30.0 Å². The fraction of sp³-hybridized carbons (Fsp3) is 0.500. The third kappa shape index (κ3) is 5.33. The molecule has 1 aliphatic heterocycles. The van der Waals surface area contributed by atoms with Crippen LogP contribution in [-0.4, -0.2) is 50.8 Å². The Labute approximate surface area is 164 Å². The predicted octanol–water partition coefficient (Wildman–Crippen LogP) is 4.33. The molecule has 0 aliphatic carbocycles. The molecule has 1 saturated heterocycles. The van der Waals surface area contributed by atoms with Crippen molar-refractivity contribution >= 4 is 5.69 Å². The SMILES string of the molecule is Cc1ccc(CC(C)(CCc2ccc(N3CCOCC3)cc2)N(C)C)cc1. The number of nitrogens with zero attached hydrogens (tertiary/aromatic N) is 2. The summed E-state index contributed by atoms with van der Waals surface area (Å²) in [6.45, 7) is 8.19. The molecule has 1 heterocycles. The van der Waals surface area contributed by atoms with Crippen LogP contribution in [0.5, 0.6) is 0 Å². The Balaban J connectivity index is 1.62. The van der Waals surface area contributed by atoms with Crippen molar-refractivity contribution in [2.24, 2.45) is 0 Å². The first-order chi connectivity index (χ1) is 13.0. The molecule has 3 nitrogen and oxygen atoms in total. The van der Waals surface area contributed by atoms with E-state index in [1.807, 2.05) is 0 Å². The van der Waals surface area contributed by atoms with Crippen LogP contribution in [0, 0.1) is 6.92 Å². The number of likely N-dealkylation sites (N-methyl/N-ethyl adjacent to an activating group) is 1. The molecule has 2 aromatic rings. The van der Waals surface area contributed by atoms with Crippen molar-refractivity contribution in [3.8, 4) is 0 Å². The van der Waals surface area contributed by atoms with Gasteiger partial charge in [0.05, 0.1) is 13.2 Å². The third-order valence-corrected chi connectivity index (χ3v) is 6.05. The topological polar surface area (TPSA) is 15.7 Å². The Hall–Kier alpha value is -1.84. The highest BCUT2D eigenvalue weighted by atomic mass is 16.5. The van der Waals surface area contributed by atoms with Crippen LogP contribution in [0.15, 0.2) is 48.5 Å². The lowest BCUT2D eigenvalue weighted by Gasteiger charge is -2.37. The highest BCUT2D eigenvalue weighted by Gasteiger charge is 2.27. The summed E-state index contributed by atoms with van der Waals surface area (Å²) in [5.41, 5.74) is 5.63. The molecule has 1 aliphatic rings. The molecule has 3 heteroatoms. The van der Waals surface area contributed by atoms with Crippen molar-refractivity contribution in [2.75, 3.05) is 45.3 Å². The van der Waals surface area contributed by atoms with Crippen LogP contribution >= 0.6 is 0 Å². The van der Waals surface area contributed by atoms with E-state index in [1.54, 1.807) is 0 Å². The van der Waals surface area contributed by atoms with Gasteiger partial charge in [-0.3, -0.25) is 0 Å². The Kier molecular flexibility index (Phi) is 6.56. The first-order valence-electron chi connectivity index (χ1n) is 10.1. The van der Waals surface area contributed by atoms with Crippen molar-refractivity contribution in [1.29, 1.82) is 0 Å². The van der Waals surface area contributed by atoms with Crippen LogP contribution < -0.4 is 4.90 Å². The van der Waals surface area contributed by atoms with E-state index in [1.165, 1.54) is 22.4 Å². The standard InChI is InChI=1S/C24H34N2O/c1-20-5-7-22(8-6-20)19-24(2,25(3)4)14-13-21-9-11-23(12-10-21)26-15-17-27-18-16-26/h5-12H,13-19H2,1-4H3. The molecule has 0 amide bonds. The minimum absolute atomic E-state index is 0.151. The van der Waals surface area contributed by atoms with E-state index < -0.39 is 0 Å². The van der Waals surface area contributed by atoms with E-state index >= 15 is 0 Å². The minimum Gasteiger partial charge on any atom is -0.378 e. The molecule has 1 unspecified atom stereocenters. The molecule has 146 valence electrons. The Morgan fingerprint density at radius 2 is 1.52 bits per heavy atom. The number of rotatable bonds is 7. The maximum absolute atomic E-state index is 5.45. The second-order valence-corrected chi connectivity index (χ2v) is 8.32. The van der Waals surface area contributed by atoms with E-state index in [0.29, 0.717) is 0 Å². The van der Waals surface area contributed by atoms with Crippen LogP contribution in [-0.2, 0) is 17.6 Å². The van der Waals surface area contributed by atoms with Crippen molar-refractivity contribution in [1.82, 2.24) is 4.90 Å². The fourth-order valence-electron chi connectivity index (χ4n) is 3.72. The second kappa shape index (κ2) is 8.90. The van der Waals surface area contributed by atoms with Gasteiger partial charge in [-0.25, -0.2) is 0 Å². The number of anilines is 1. The highest BCUT2D eigenvalue weighted by molar-refractivity contribution is 5.48. The van der Waals surface area contributed by atoms with Gasteiger partial charge in [0.25, 0.3) is 0 Å². The van der Waals surface area contributed by atoms with Gasteiger partial charge in [-0.1, -0.05) is 42.0 Å². The minimum atomic E-state index is 0.151. The van der Waals surface area contributed by atoms with Gasteiger partial charge in [0, 0.05) is 24.3 Å². The Morgan fingerprint density at radius 1 is 0.926 bits per heavy atom. The predicted molar refractivity (Wildman–Crippen MR) is 115 cm³/mol. The summed E-state index contributed by atoms with van der Waals surface area (Å²) in [4.78, 5) is 4.80. The zero-order valence-electron chi connectivity index (χ0n) is 17.4. The molecule has 0 bridgehead atoms. The molecule has 0 N–H and O–H groups in total. The molecule has 0 saturated carbocycles. The van der Waals surface area contributed by atoms with Gasteiger partial charge in [-0.2, -0.15) is 0 Å². The molecule has 1 atom stereocenters. The largest absolute Gasteiger partial charge is 0.378 e.